The van der Waals surface area contributed by atoms with Crippen LogP contribution in [-0.4, -0.2) is 43.0 Å². The Kier molecular flexibility index (Phi) is 5.75. The summed E-state index contributed by atoms with van der Waals surface area (Å²) in [5.74, 6) is -0.863. The lowest BCUT2D eigenvalue weighted by molar-refractivity contribution is -0.116. The third-order valence-electron chi connectivity index (χ3n) is 4.70. The summed E-state index contributed by atoms with van der Waals surface area (Å²) in [7, 11) is 0. The fraction of sp³-hybridized carbons (Fsp3) is 0.182. The molecule has 0 radical (unpaired) electrons. The number of carbonyl (C=O) groups is 2. The van der Waals surface area contributed by atoms with Gasteiger partial charge in [0.25, 0.3) is 5.56 Å². The molecule has 0 saturated carbocycles. The van der Waals surface area contributed by atoms with E-state index in [-0.39, 0.29) is 18.7 Å². The van der Waals surface area contributed by atoms with Gasteiger partial charge >= 0.3 is 5.97 Å². The highest BCUT2D eigenvalue weighted by atomic mass is 16.5. The van der Waals surface area contributed by atoms with Gasteiger partial charge in [0.2, 0.25) is 5.91 Å². The van der Waals surface area contributed by atoms with Crippen molar-refractivity contribution in [3.63, 3.8) is 0 Å². The van der Waals surface area contributed by atoms with Gasteiger partial charge < -0.3 is 10.1 Å². The van der Waals surface area contributed by atoms with E-state index in [2.05, 4.69) is 20.6 Å². The van der Waals surface area contributed by atoms with Crippen molar-refractivity contribution in [3.8, 4) is 5.69 Å². The van der Waals surface area contributed by atoms with E-state index in [0.717, 1.165) is 11.3 Å². The van der Waals surface area contributed by atoms with Crippen molar-refractivity contribution < 1.29 is 14.3 Å². The van der Waals surface area contributed by atoms with Crippen molar-refractivity contribution in [2.75, 3.05) is 11.9 Å². The smallest absolute Gasteiger partial charge is 0.338 e. The fourth-order valence-corrected chi connectivity index (χ4v) is 3.08. The number of amides is 1. The van der Waals surface area contributed by atoms with Crippen LogP contribution in [0.4, 0.5) is 5.69 Å². The van der Waals surface area contributed by atoms with Crippen LogP contribution in [0.15, 0.2) is 59.7 Å². The molecule has 0 fully saturated rings. The molecular formula is C22H20N6O4. The predicted molar refractivity (Wildman–Crippen MR) is 117 cm³/mol. The van der Waals surface area contributed by atoms with E-state index in [1.807, 2.05) is 31.2 Å². The second kappa shape index (κ2) is 8.80. The van der Waals surface area contributed by atoms with Crippen LogP contribution in [0.25, 0.3) is 16.9 Å². The number of rotatable bonds is 6. The Balaban J connectivity index is 1.50. The number of aryl methyl sites for hydroxylation is 1. The number of esters is 1. The van der Waals surface area contributed by atoms with Gasteiger partial charge in [-0.2, -0.15) is 4.68 Å². The van der Waals surface area contributed by atoms with Crippen LogP contribution in [0.1, 0.15) is 22.8 Å². The highest BCUT2D eigenvalue weighted by Gasteiger charge is 2.15. The first-order chi connectivity index (χ1) is 15.5. The lowest BCUT2D eigenvalue weighted by atomic mass is 10.2. The van der Waals surface area contributed by atoms with E-state index < -0.39 is 17.4 Å². The number of aromatic nitrogens is 5. The molecule has 0 unspecified atom stereocenters. The number of benzene rings is 2. The van der Waals surface area contributed by atoms with Crippen LogP contribution in [0.5, 0.6) is 0 Å². The number of carbonyl (C=O) groups excluding carboxylic acids is 2. The summed E-state index contributed by atoms with van der Waals surface area (Å²) in [4.78, 5) is 41.2. The molecule has 2 heterocycles. The highest BCUT2D eigenvalue weighted by molar-refractivity contribution is 5.93. The molecule has 0 saturated heterocycles. The summed E-state index contributed by atoms with van der Waals surface area (Å²) in [6.45, 7) is 3.73. The zero-order valence-electron chi connectivity index (χ0n) is 17.5. The number of hydrogen-bond donors (Lipinski definition) is 1. The van der Waals surface area contributed by atoms with E-state index in [1.54, 1.807) is 31.2 Å². The fourth-order valence-electron chi connectivity index (χ4n) is 3.08. The van der Waals surface area contributed by atoms with Crippen LogP contribution in [0.3, 0.4) is 0 Å². The standard InChI is InChI=1S/C22H20N6O4/c1-3-32-22(31)15-6-8-16(9-7-15)24-18(29)12-27-13-23-20-19(21(27)30)25-26-28(20)17-10-4-14(2)5-11-17/h4-11,13H,3,12H2,1-2H3,(H,24,29). The zero-order chi connectivity index (χ0) is 22.7. The maximum absolute atomic E-state index is 12.8. The Labute approximate surface area is 182 Å². The molecule has 0 aliphatic rings. The molecule has 1 amide bonds. The number of fused-ring (bicyclic) bond motifs is 1. The SMILES string of the molecule is CCOC(=O)c1ccc(NC(=O)Cn2cnc3c(nnn3-c3ccc(C)cc3)c2=O)cc1. The largest absolute Gasteiger partial charge is 0.462 e. The summed E-state index contributed by atoms with van der Waals surface area (Å²) in [6.07, 6.45) is 1.29. The molecule has 2 aromatic carbocycles. The van der Waals surface area contributed by atoms with E-state index in [9.17, 15) is 14.4 Å². The quantitative estimate of drug-likeness (QED) is 0.463. The van der Waals surface area contributed by atoms with Crippen LogP contribution in [-0.2, 0) is 16.1 Å². The molecule has 0 aliphatic carbocycles. The molecule has 10 nitrogen and oxygen atoms in total. The summed E-state index contributed by atoms with van der Waals surface area (Å²) in [5, 5.41) is 10.7. The number of anilines is 1. The normalized spacial score (nSPS) is 10.8. The third-order valence-corrected chi connectivity index (χ3v) is 4.70. The molecular weight excluding hydrogens is 412 g/mol. The maximum atomic E-state index is 12.8. The second-order valence-corrected chi connectivity index (χ2v) is 7.03. The second-order valence-electron chi connectivity index (χ2n) is 7.03. The Morgan fingerprint density at radius 2 is 1.78 bits per heavy atom. The van der Waals surface area contributed by atoms with Crippen LogP contribution in [0, 0.1) is 6.92 Å². The van der Waals surface area contributed by atoms with Gasteiger partial charge in [-0.25, -0.2) is 9.78 Å². The topological polar surface area (TPSA) is 121 Å². The molecule has 32 heavy (non-hydrogen) atoms. The lowest BCUT2D eigenvalue weighted by Gasteiger charge is -2.08. The summed E-state index contributed by atoms with van der Waals surface area (Å²) in [6, 6.07) is 13.8. The highest BCUT2D eigenvalue weighted by Crippen LogP contribution is 2.13. The van der Waals surface area contributed by atoms with Crippen molar-refractivity contribution in [1.82, 2.24) is 24.5 Å². The Morgan fingerprint density at radius 1 is 1.06 bits per heavy atom. The van der Waals surface area contributed by atoms with Crippen LogP contribution < -0.4 is 10.9 Å². The number of ether oxygens (including phenoxy) is 1. The molecule has 162 valence electrons. The van der Waals surface area contributed by atoms with Crippen molar-refractivity contribution in [1.29, 1.82) is 0 Å². The molecule has 0 bridgehead atoms. The monoisotopic (exact) mass is 432 g/mol. The van der Waals surface area contributed by atoms with Gasteiger partial charge in [0, 0.05) is 5.69 Å². The van der Waals surface area contributed by atoms with Gasteiger partial charge in [0.1, 0.15) is 12.9 Å². The predicted octanol–water partition coefficient (Wildman–Crippen LogP) is 2.10. The minimum atomic E-state index is -0.471. The van der Waals surface area contributed by atoms with Crippen molar-refractivity contribution >= 4 is 28.7 Å². The van der Waals surface area contributed by atoms with E-state index in [4.69, 9.17) is 4.74 Å². The average molecular weight is 432 g/mol. The third kappa shape index (κ3) is 4.24. The van der Waals surface area contributed by atoms with Gasteiger partial charge in [-0.05, 0) is 50.2 Å². The molecule has 10 heteroatoms. The van der Waals surface area contributed by atoms with Crippen molar-refractivity contribution in [3.05, 3.63) is 76.3 Å². The Morgan fingerprint density at radius 3 is 2.47 bits per heavy atom. The van der Waals surface area contributed by atoms with E-state index in [1.165, 1.54) is 15.6 Å². The van der Waals surface area contributed by atoms with Crippen molar-refractivity contribution in [2.24, 2.45) is 0 Å². The first-order valence-corrected chi connectivity index (χ1v) is 9.91. The lowest BCUT2D eigenvalue weighted by Crippen LogP contribution is -2.28. The number of nitrogens with one attached hydrogen (secondary N) is 1. The van der Waals surface area contributed by atoms with Crippen molar-refractivity contribution in [2.45, 2.75) is 20.4 Å². The molecule has 2 aromatic heterocycles. The summed E-state index contributed by atoms with van der Waals surface area (Å²) < 4.78 is 7.57. The average Bonchev–Trinajstić information content (AvgIpc) is 3.22. The summed E-state index contributed by atoms with van der Waals surface area (Å²) in [5.41, 5.74) is 2.59. The van der Waals surface area contributed by atoms with Crippen LogP contribution >= 0.6 is 0 Å². The number of hydrogen-bond acceptors (Lipinski definition) is 7. The first-order valence-electron chi connectivity index (χ1n) is 9.91. The molecule has 0 spiro atoms. The van der Waals surface area contributed by atoms with Gasteiger partial charge in [0.05, 0.1) is 17.9 Å². The minimum absolute atomic E-state index is 0.0691. The molecule has 1 N–H and O–H groups in total. The van der Waals surface area contributed by atoms with Gasteiger partial charge in [0.15, 0.2) is 11.2 Å². The minimum Gasteiger partial charge on any atom is -0.462 e. The zero-order valence-corrected chi connectivity index (χ0v) is 17.5. The van der Waals surface area contributed by atoms with Gasteiger partial charge in [-0.1, -0.05) is 22.9 Å². The summed E-state index contributed by atoms with van der Waals surface area (Å²) >= 11 is 0. The first kappa shape index (κ1) is 20.9. The Bertz CT molecular complexity index is 1340. The van der Waals surface area contributed by atoms with E-state index in [0.29, 0.717) is 16.9 Å². The number of nitrogens with zero attached hydrogens (tertiary/aromatic N) is 5. The molecule has 0 aliphatic heterocycles. The molecule has 4 aromatic rings. The Hall–Kier alpha value is -4.34. The van der Waals surface area contributed by atoms with E-state index >= 15 is 0 Å². The van der Waals surface area contributed by atoms with Gasteiger partial charge in [-0.3, -0.25) is 14.2 Å². The van der Waals surface area contributed by atoms with Gasteiger partial charge in [-0.15, -0.1) is 5.10 Å². The van der Waals surface area contributed by atoms with Crippen LogP contribution in [0.2, 0.25) is 0 Å². The molecule has 4 rings (SSSR count). The maximum Gasteiger partial charge on any atom is 0.338 e. The molecule has 0 atom stereocenters.